The molecule has 2 rings (SSSR count). The van der Waals surface area contributed by atoms with Gasteiger partial charge in [0.15, 0.2) is 5.78 Å². The van der Waals surface area contributed by atoms with E-state index in [2.05, 4.69) is 19.6 Å². The van der Waals surface area contributed by atoms with Gasteiger partial charge in [0.2, 0.25) is 0 Å². The Morgan fingerprint density at radius 1 is 0.923 bits per heavy atom. The number of carbonyl (C=O) groups is 2. The van der Waals surface area contributed by atoms with Crippen LogP contribution in [0.25, 0.3) is 0 Å². The smallest absolute Gasteiger partial charge is 0.333 e. The Balaban J connectivity index is 2.07. The van der Waals surface area contributed by atoms with Crippen molar-refractivity contribution in [2.24, 2.45) is 17.8 Å². The van der Waals surface area contributed by atoms with Crippen molar-refractivity contribution in [2.75, 3.05) is 0 Å². The second-order valence-corrected chi connectivity index (χ2v) is 12.3. The highest BCUT2D eigenvalue weighted by molar-refractivity contribution is 5.87. The number of cyclic esters (lactones) is 1. The quantitative estimate of drug-likeness (QED) is 0.281. The summed E-state index contributed by atoms with van der Waals surface area (Å²) in [5.41, 5.74) is 2.68. The molecule has 7 heteroatoms. The molecule has 9 atom stereocenters. The summed E-state index contributed by atoms with van der Waals surface area (Å²) in [6.07, 6.45) is 6.40. The van der Waals surface area contributed by atoms with Crippen molar-refractivity contribution in [1.29, 1.82) is 0 Å². The molecular formula is C32H52O7. The highest BCUT2D eigenvalue weighted by Crippen LogP contribution is 2.34. The summed E-state index contributed by atoms with van der Waals surface area (Å²) in [6.45, 7) is 15.6. The monoisotopic (exact) mass is 548 g/mol. The lowest BCUT2D eigenvalue weighted by molar-refractivity contribution is -0.146. The average molecular weight is 549 g/mol. The van der Waals surface area contributed by atoms with Crippen LogP contribution in [0.3, 0.4) is 0 Å². The molecule has 39 heavy (non-hydrogen) atoms. The minimum absolute atomic E-state index is 0.0311. The fraction of sp³-hybridized carbons (Fsp3) is 0.750. The van der Waals surface area contributed by atoms with Gasteiger partial charge in [0.25, 0.3) is 0 Å². The summed E-state index contributed by atoms with van der Waals surface area (Å²) in [6, 6.07) is 0. The van der Waals surface area contributed by atoms with Gasteiger partial charge < -0.3 is 24.8 Å². The highest BCUT2D eigenvalue weighted by atomic mass is 16.6. The van der Waals surface area contributed by atoms with Gasteiger partial charge in [-0.25, -0.2) is 4.79 Å². The molecule has 2 aliphatic rings. The molecule has 0 bridgehead atoms. The largest absolute Gasteiger partial charge is 0.459 e. The zero-order valence-electron chi connectivity index (χ0n) is 24.9. The van der Waals surface area contributed by atoms with E-state index in [4.69, 9.17) is 9.47 Å². The van der Waals surface area contributed by atoms with Gasteiger partial charge in [0.05, 0.1) is 30.5 Å². The predicted octanol–water partition coefficient (Wildman–Crippen LogP) is 5.22. The minimum Gasteiger partial charge on any atom is -0.459 e. The maximum Gasteiger partial charge on any atom is 0.333 e. The molecule has 0 amide bonds. The van der Waals surface area contributed by atoms with Gasteiger partial charge in [0, 0.05) is 12.0 Å². The normalized spacial score (nSPS) is 37.8. The third-order valence-corrected chi connectivity index (χ3v) is 8.17. The van der Waals surface area contributed by atoms with Gasteiger partial charge in [-0.1, -0.05) is 57.1 Å². The number of ether oxygens (including phenoxy) is 2. The molecule has 0 aromatic carbocycles. The van der Waals surface area contributed by atoms with Crippen molar-refractivity contribution < 1.29 is 34.4 Å². The Hall–Kier alpha value is -1.80. The number of hydrogen-bond donors (Lipinski definition) is 3. The summed E-state index contributed by atoms with van der Waals surface area (Å²) in [4.78, 5) is 25.1. The number of rotatable bonds is 0. The average Bonchev–Trinajstić information content (AvgIpc) is 3.58. The van der Waals surface area contributed by atoms with E-state index in [1.54, 1.807) is 20.8 Å². The summed E-state index contributed by atoms with van der Waals surface area (Å²) in [7, 11) is 0. The van der Waals surface area contributed by atoms with E-state index in [9.17, 15) is 24.9 Å². The van der Waals surface area contributed by atoms with Crippen LogP contribution in [0.1, 0.15) is 99.3 Å². The molecule has 2 aliphatic heterocycles. The van der Waals surface area contributed by atoms with Crippen LogP contribution < -0.4 is 0 Å². The lowest BCUT2D eigenvalue weighted by atomic mass is 9.88. The van der Waals surface area contributed by atoms with Crippen LogP contribution in [0.2, 0.25) is 0 Å². The third kappa shape index (κ3) is 11.7. The molecule has 1 saturated heterocycles. The van der Waals surface area contributed by atoms with Crippen LogP contribution in [-0.4, -0.2) is 63.7 Å². The van der Waals surface area contributed by atoms with Crippen LogP contribution >= 0.6 is 0 Å². The van der Waals surface area contributed by atoms with Crippen LogP contribution in [0.15, 0.2) is 35.5 Å². The Kier molecular flexibility index (Phi) is 13.6. The lowest BCUT2D eigenvalue weighted by Gasteiger charge is -2.26. The van der Waals surface area contributed by atoms with Gasteiger partial charge in [-0.15, -0.1) is 0 Å². The molecule has 0 aliphatic carbocycles. The SMILES string of the molecule is C=C1C=C(C)[C@@H](C)C[C@H](O)CC(=O)[C@@H](O)[C@H](O)[C@@H](C)C[C@H](C)OC(=O)C(C)=CCCCC[C@H]2O[C@H]2C[C@H](C)C1. The van der Waals surface area contributed by atoms with E-state index in [1.807, 2.05) is 19.9 Å². The van der Waals surface area contributed by atoms with E-state index < -0.39 is 42.1 Å². The molecule has 0 aromatic rings. The van der Waals surface area contributed by atoms with Gasteiger partial charge in [-0.2, -0.15) is 0 Å². The molecule has 0 spiro atoms. The highest BCUT2D eigenvalue weighted by Gasteiger charge is 2.38. The standard InChI is InChI=1S/C32H52O7/c1-19-13-20(2)15-29-28(39-29)12-10-8-9-11-21(3)32(37)38-25(7)16-24(6)30(35)31(36)27(34)18-26(33)17-23(5)22(4)14-19/h11,14,20,23-26,28-31,33,35-36H,1,8-10,12-13,15-18H2,2-7H3/t20-,23+,24+,25+,26+,28-,29+,30-,31-/m1/s1. The number of Topliss-reactive ketones (excluding diaryl/α,β-unsaturated/α-hetero) is 1. The van der Waals surface area contributed by atoms with E-state index in [1.165, 1.54) is 0 Å². The summed E-state index contributed by atoms with van der Waals surface area (Å²) >= 11 is 0. The number of allylic oxidation sites excluding steroid dienone is 4. The Morgan fingerprint density at radius 2 is 1.62 bits per heavy atom. The minimum atomic E-state index is -1.61. The van der Waals surface area contributed by atoms with Crippen molar-refractivity contribution in [3.8, 4) is 0 Å². The summed E-state index contributed by atoms with van der Waals surface area (Å²) in [5, 5.41) is 31.6. The van der Waals surface area contributed by atoms with Gasteiger partial charge >= 0.3 is 5.97 Å². The zero-order chi connectivity index (χ0) is 29.3. The first kappa shape index (κ1) is 33.4. The number of esters is 1. The number of hydrogen-bond acceptors (Lipinski definition) is 7. The number of fused-ring (bicyclic) bond motifs is 1. The second-order valence-electron chi connectivity index (χ2n) is 12.3. The van der Waals surface area contributed by atoms with Crippen molar-refractivity contribution in [3.05, 3.63) is 35.5 Å². The third-order valence-electron chi connectivity index (χ3n) is 8.17. The van der Waals surface area contributed by atoms with Gasteiger partial charge in [0.1, 0.15) is 6.10 Å². The van der Waals surface area contributed by atoms with Crippen molar-refractivity contribution in [2.45, 2.75) is 136 Å². The first-order valence-corrected chi connectivity index (χ1v) is 14.7. The van der Waals surface area contributed by atoms with Gasteiger partial charge in [-0.05, 0) is 83.5 Å². The summed E-state index contributed by atoms with van der Waals surface area (Å²) < 4.78 is 11.4. The van der Waals surface area contributed by atoms with E-state index >= 15 is 0 Å². The van der Waals surface area contributed by atoms with Crippen molar-refractivity contribution >= 4 is 11.8 Å². The Labute approximate surface area is 235 Å². The molecule has 0 unspecified atom stereocenters. The van der Waals surface area contributed by atoms with Crippen LogP contribution in [-0.2, 0) is 19.1 Å². The number of ketones is 1. The number of epoxide rings is 1. The maximum absolute atomic E-state index is 12.6. The fourth-order valence-corrected chi connectivity index (χ4v) is 5.50. The number of aliphatic hydroxyl groups excluding tert-OH is 3. The maximum atomic E-state index is 12.6. The molecule has 1 fully saturated rings. The van der Waals surface area contributed by atoms with Crippen molar-refractivity contribution in [1.82, 2.24) is 0 Å². The van der Waals surface area contributed by atoms with E-state index in [0.29, 0.717) is 36.5 Å². The predicted molar refractivity (Wildman–Crippen MR) is 153 cm³/mol. The molecule has 222 valence electrons. The molecule has 3 N–H and O–H groups in total. The Bertz CT molecular complexity index is 891. The van der Waals surface area contributed by atoms with Gasteiger partial charge in [-0.3, -0.25) is 4.79 Å². The molecular weight excluding hydrogens is 496 g/mol. The van der Waals surface area contributed by atoms with Crippen LogP contribution in [0.4, 0.5) is 0 Å². The molecule has 0 saturated carbocycles. The van der Waals surface area contributed by atoms with E-state index in [-0.39, 0.29) is 12.3 Å². The summed E-state index contributed by atoms with van der Waals surface area (Å²) in [5.74, 6) is -1.01. The topological polar surface area (TPSA) is 117 Å². The van der Waals surface area contributed by atoms with Crippen LogP contribution in [0.5, 0.6) is 0 Å². The molecule has 0 aromatic heterocycles. The van der Waals surface area contributed by atoms with Crippen molar-refractivity contribution in [3.63, 3.8) is 0 Å². The molecule has 7 nitrogen and oxygen atoms in total. The molecule has 0 radical (unpaired) electrons. The zero-order valence-corrected chi connectivity index (χ0v) is 24.9. The van der Waals surface area contributed by atoms with E-state index in [0.717, 1.165) is 49.7 Å². The second kappa shape index (κ2) is 15.8. The number of aliphatic hydroxyl groups is 3. The Morgan fingerprint density at radius 3 is 2.31 bits per heavy atom. The first-order valence-electron chi connectivity index (χ1n) is 14.7. The lowest BCUT2D eigenvalue weighted by Crippen LogP contribution is -2.40. The first-order chi connectivity index (χ1) is 18.3. The fourth-order valence-electron chi connectivity index (χ4n) is 5.50. The molecule has 2 heterocycles. The van der Waals surface area contributed by atoms with Crippen LogP contribution in [0, 0.1) is 17.8 Å². The number of carbonyl (C=O) groups excluding carboxylic acids is 2.